The first-order valence-electron chi connectivity index (χ1n) is 6.53. The Morgan fingerprint density at radius 3 is 2.78 bits per heavy atom. The summed E-state index contributed by atoms with van der Waals surface area (Å²) in [6.07, 6.45) is 2.93. The molecule has 0 radical (unpaired) electrons. The van der Waals surface area contributed by atoms with E-state index >= 15 is 0 Å². The second-order valence-corrected chi connectivity index (χ2v) is 6.05. The van der Waals surface area contributed by atoms with E-state index in [1.54, 1.807) is 0 Å². The van der Waals surface area contributed by atoms with Gasteiger partial charge in [0.25, 0.3) is 0 Å². The highest BCUT2D eigenvalue weighted by Crippen LogP contribution is 2.36. The predicted molar refractivity (Wildman–Crippen MR) is 77.3 cm³/mol. The Kier molecular flexibility index (Phi) is 4.73. The molecule has 0 aromatic carbocycles. The van der Waals surface area contributed by atoms with Gasteiger partial charge in [-0.05, 0) is 42.1 Å². The van der Waals surface area contributed by atoms with E-state index in [4.69, 9.17) is 16.3 Å². The van der Waals surface area contributed by atoms with Crippen molar-refractivity contribution in [1.82, 2.24) is 9.78 Å². The second kappa shape index (κ2) is 5.93. The zero-order chi connectivity index (χ0) is 13.2. The van der Waals surface area contributed by atoms with E-state index in [2.05, 4.69) is 39.6 Å². The van der Waals surface area contributed by atoms with Gasteiger partial charge in [0.15, 0.2) is 0 Å². The van der Waals surface area contributed by atoms with Crippen LogP contribution in [0.25, 0.3) is 0 Å². The van der Waals surface area contributed by atoms with Gasteiger partial charge in [-0.3, -0.25) is 4.68 Å². The molecule has 1 fully saturated rings. The third-order valence-corrected chi connectivity index (χ3v) is 5.19. The summed E-state index contributed by atoms with van der Waals surface area (Å²) in [5.74, 6) is 0.649. The third kappa shape index (κ3) is 2.61. The number of ether oxygens (including phenoxy) is 1. The molecule has 0 amide bonds. The molecule has 1 atom stereocenters. The molecule has 18 heavy (non-hydrogen) atoms. The zero-order valence-corrected chi connectivity index (χ0v) is 13.4. The van der Waals surface area contributed by atoms with Crippen LogP contribution < -0.4 is 0 Å². The molecule has 0 spiro atoms. The lowest BCUT2D eigenvalue weighted by Crippen LogP contribution is -2.27. The lowest BCUT2D eigenvalue weighted by molar-refractivity contribution is 0.159. The van der Waals surface area contributed by atoms with Gasteiger partial charge in [-0.15, -0.1) is 11.6 Å². The monoisotopic (exact) mass is 334 g/mol. The fourth-order valence-corrected chi connectivity index (χ4v) is 3.49. The summed E-state index contributed by atoms with van der Waals surface area (Å²) in [5.41, 5.74) is 2.48. The number of hydrogen-bond acceptors (Lipinski definition) is 2. The largest absolute Gasteiger partial charge is 0.381 e. The van der Waals surface area contributed by atoms with Crippen LogP contribution in [-0.4, -0.2) is 28.9 Å². The number of aromatic nitrogens is 2. The van der Waals surface area contributed by atoms with Crippen molar-refractivity contribution < 1.29 is 4.74 Å². The molecular weight excluding hydrogens is 316 g/mol. The second-order valence-electron chi connectivity index (χ2n) is 4.99. The zero-order valence-electron chi connectivity index (χ0n) is 11.0. The fourth-order valence-electron chi connectivity index (χ4n) is 2.48. The Labute approximate surface area is 122 Å². The van der Waals surface area contributed by atoms with E-state index in [1.807, 2.05) is 0 Å². The molecule has 1 aromatic rings. The van der Waals surface area contributed by atoms with Crippen LogP contribution in [-0.2, 0) is 24.1 Å². The van der Waals surface area contributed by atoms with Crippen LogP contribution >= 0.6 is 27.5 Å². The summed E-state index contributed by atoms with van der Waals surface area (Å²) in [6.45, 7) is 6.74. The van der Waals surface area contributed by atoms with Crippen LogP contribution in [0.4, 0.5) is 0 Å². The quantitative estimate of drug-likeness (QED) is 0.771. The van der Waals surface area contributed by atoms with Crippen LogP contribution in [0.2, 0.25) is 0 Å². The molecule has 1 aliphatic heterocycles. The van der Waals surface area contributed by atoms with E-state index in [0.29, 0.717) is 5.88 Å². The van der Waals surface area contributed by atoms with E-state index in [9.17, 15) is 0 Å². The molecule has 0 saturated carbocycles. The van der Waals surface area contributed by atoms with Gasteiger partial charge in [-0.1, -0.05) is 6.92 Å². The number of nitrogens with zero attached hydrogens (tertiary/aromatic N) is 2. The molecule has 0 aliphatic carbocycles. The standard InChI is InChI=1S/C13H20BrClN2O/c1-3-10-12(14)11(17(4-2)16-10)7-13(8-15)5-6-18-9-13/h3-9H2,1-2H3. The summed E-state index contributed by atoms with van der Waals surface area (Å²) in [4.78, 5) is 0. The van der Waals surface area contributed by atoms with Gasteiger partial charge < -0.3 is 4.74 Å². The number of aryl methyl sites for hydroxylation is 2. The Hall–Kier alpha value is -0.0600. The van der Waals surface area contributed by atoms with Crippen LogP contribution in [0.1, 0.15) is 31.7 Å². The highest BCUT2D eigenvalue weighted by Gasteiger charge is 2.36. The molecule has 1 aliphatic rings. The molecule has 3 nitrogen and oxygen atoms in total. The van der Waals surface area contributed by atoms with E-state index in [1.165, 1.54) is 5.69 Å². The first-order valence-corrected chi connectivity index (χ1v) is 7.86. The van der Waals surface area contributed by atoms with Crippen LogP contribution in [0, 0.1) is 5.41 Å². The topological polar surface area (TPSA) is 27.1 Å². The summed E-state index contributed by atoms with van der Waals surface area (Å²) in [6, 6.07) is 0. The van der Waals surface area contributed by atoms with Gasteiger partial charge in [0.05, 0.1) is 22.5 Å². The minimum Gasteiger partial charge on any atom is -0.381 e. The first-order chi connectivity index (χ1) is 8.65. The molecule has 102 valence electrons. The van der Waals surface area contributed by atoms with Crippen molar-refractivity contribution in [1.29, 1.82) is 0 Å². The summed E-state index contributed by atoms with van der Waals surface area (Å²) in [5, 5.41) is 4.64. The van der Waals surface area contributed by atoms with Crippen molar-refractivity contribution in [3.63, 3.8) is 0 Å². The van der Waals surface area contributed by atoms with Gasteiger partial charge >= 0.3 is 0 Å². The van der Waals surface area contributed by atoms with Gasteiger partial charge in [0.2, 0.25) is 0 Å². The Morgan fingerprint density at radius 1 is 1.50 bits per heavy atom. The lowest BCUT2D eigenvalue weighted by atomic mass is 9.84. The summed E-state index contributed by atoms with van der Waals surface area (Å²) >= 11 is 9.87. The van der Waals surface area contributed by atoms with Gasteiger partial charge in [-0.25, -0.2) is 0 Å². The number of halogens is 2. The highest BCUT2D eigenvalue weighted by atomic mass is 79.9. The molecule has 0 N–H and O–H groups in total. The highest BCUT2D eigenvalue weighted by molar-refractivity contribution is 9.10. The summed E-state index contributed by atoms with van der Waals surface area (Å²) in [7, 11) is 0. The average molecular weight is 336 g/mol. The number of hydrogen-bond donors (Lipinski definition) is 0. The lowest BCUT2D eigenvalue weighted by Gasteiger charge is -2.24. The first kappa shape index (κ1) is 14.4. The van der Waals surface area contributed by atoms with E-state index < -0.39 is 0 Å². The Bertz CT molecular complexity index is 413. The van der Waals surface area contributed by atoms with Gasteiger partial charge in [0, 0.05) is 24.4 Å². The number of alkyl halides is 1. The SMILES string of the molecule is CCc1nn(CC)c(CC2(CCl)CCOC2)c1Br. The molecule has 2 heterocycles. The number of rotatable bonds is 5. The Balaban J connectivity index is 2.29. The molecule has 1 aromatic heterocycles. The maximum atomic E-state index is 6.18. The minimum atomic E-state index is 0.0854. The van der Waals surface area contributed by atoms with Crippen molar-refractivity contribution in [3.05, 3.63) is 15.9 Å². The third-order valence-electron chi connectivity index (χ3n) is 3.71. The Morgan fingerprint density at radius 2 is 2.28 bits per heavy atom. The van der Waals surface area contributed by atoms with Crippen LogP contribution in [0.3, 0.4) is 0 Å². The molecular formula is C13H20BrClN2O. The molecule has 0 bridgehead atoms. The molecule has 2 rings (SSSR count). The normalized spacial score (nSPS) is 23.8. The predicted octanol–water partition coefficient (Wildman–Crippen LogP) is 3.42. The molecule has 1 unspecified atom stereocenters. The summed E-state index contributed by atoms with van der Waals surface area (Å²) < 4.78 is 8.79. The van der Waals surface area contributed by atoms with E-state index in [-0.39, 0.29) is 5.41 Å². The fraction of sp³-hybridized carbons (Fsp3) is 0.769. The minimum absolute atomic E-state index is 0.0854. The van der Waals surface area contributed by atoms with Crippen LogP contribution in [0.5, 0.6) is 0 Å². The van der Waals surface area contributed by atoms with Crippen molar-refractivity contribution in [3.8, 4) is 0 Å². The van der Waals surface area contributed by atoms with Gasteiger partial charge in [-0.2, -0.15) is 5.10 Å². The van der Waals surface area contributed by atoms with Crippen molar-refractivity contribution in [2.75, 3.05) is 19.1 Å². The molecule has 1 saturated heterocycles. The van der Waals surface area contributed by atoms with E-state index in [0.717, 1.165) is 49.2 Å². The van der Waals surface area contributed by atoms with Gasteiger partial charge in [0.1, 0.15) is 0 Å². The maximum Gasteiger partial charge on any atom is 0.0766 e. The van der Waals surface area contributed by atoms with Crippen LogP contribution in [0.15, 0.2) is 4.47 Å². The van der Waals surface area contributed by atoms with Crippen molar-refractivity contribution >= 4 is 27.5 Å². The maximum absolute atomic E-state index is 6.18. The smallest absolute Gasteiger partial charge is 0.0766 e. The van der Waals surface area contributed by atoms with Crippen molar-refractivity contribution in [2.45, 2.75) is 39.7 Å². The van der Waals surface area contributed by atoms with Crippen molar-refractivity contribution in [2.24, 2.45) is 5.41 Å². The molecule has 5 heteroatoms. The average Bonchev–Trinajstić information content (AvgIpc) is 2.97.